The summed E-state index contributed by atoms with van der Waals surface area (Å²) in [5.41, 5.74) is 2.34. The van der Waals surface area contributed by atoms with Crippen LogP contribution in [-0.4, -0.2) is 19.0 Å². The highest BCUT2D eigenvalue weighted by molar-refractivity contribution is 6.31. The second kappa shape index (κ2) is 5.92. The lowest BCUT2D eigenvalue weighted by atomic mass is 10.1. The lowest BCUT2D eigenvalue weighted by Crippen LogP contribution is -2.36. The van der Waals surface area contributed by atoms with Gasteiger partial charge in [-0.1, -0.05) is 23.7 Å². The summed E-state index contributed by atoms with van der Waals surface area (Å²) >= 11 is 5.99. The zero-order valence-corrected chi connectivity index (χ0v) is 10.8. The van der Waals surface area contributed by atoms with Gasteiger partial charge in [0.25, 0.3) is 0 Å². The third-order valence-corrected chi connectivity index (χ3v) is 3.25. The van der Waals surface area contributed by atoms with Crippen LogP contribution in [0.4, 0.5) is 0 Å². The molecule has 17 heavy (non-hydrogen) atoms. The molecule has 0 aliphatic carbocycles. The zero-order valence-electron chi connectivity index (χ0n) is 10.1. The molecule has 1 aliphatic rings. The molecule has 1 aliphatic heterocycles. The van der Waals surface area contributed by atoms with Gasteiger partial charge in [0.15, 0.2) is 5.96 Å². The average Bonchev–Trinajstić information content (AvgIpc) is 2.59. The molecule has 0 bridgehead atoms. The van der Waals surface area contributed by atoms with Crippen molar-refractivity contribution in [3.05, 3.63) is 34.3 Å². The maximum atomic E-state index is 5.99. The van der Waals surface area contributed by atoms with Gasteiger partial charge < -0.3 is 10.6 Å². The molecule has 0 amide bonds. The molecule has 4 heteroatoms. The quantitative estimate of drug-likeness (QED) is 0.847. The molecule has 1 heterocycles. The Labute approximate surface area is 107 Å². The number of hydrogen-bond donors (Lipinski definition) is 2. The molecule has 92 valence electrons. The van der Waals surface area contributed by atoms with Crippen LogP contribution < -0.4 is 10.6 Å². The maximum absolute atomic E-state index is 5.99. The molecule has 1 aromatic carbocycles. The van der Waals surface area contributed by atoms with E-state index in [-0.39, 0.29) is 0 Å². The van der Waals surface area contributed by atoms with E-state index in [4.69, 9.17) is 11.6 Å². The van der Waals surface area contributed by atoms with Crippen LogP contribution in [0.5, 0.6) is 0 Å². The smallest absolute Gasteiger partial charge is 0.191 e. The molecule has 0 radical (unpaired) electrons. The van der Waals surface area contributed by atoms with E-state index < -0.39 is 0 Å². The first-order valence-electron chi connectivity index (χ1n) is 6.03. The first kappa shape index (κ1) is 12.2. The first-order chi connectivity index (χ1) is 8.25. The first-order valence-corrected chi connectivity index (χ1v) is 6.41. The van der Waals surface area contributed by atoms with Crippen LogP contribution >= 0.6 is 11.6 Å². The number of nitrogens with zero attached hydrogens (tertiary/aromatic N) is 1. The van der Waals surface area contributed by atoms with Crippen LogP contribution in [0.3, 0.4) is 0 Å². The monoisotopic (exact) mass is 251 g/mol. The number of guanidine groups is 1. The van der Waals surface area contributed by atoms with Crippen molar-refractivity contribution in [2.75, 3.05) is 13.1 Å². The molecule has 0 saturated heterocycles. The van der Waals surface area contributed by atoms with E-state index >= 15 is 0 Å². The third kappa shape index (κ3) is 3.63. The van der Waals surface area contributed by atoms with Crippen molar-refractivity contribution < 1.29 is 0 Å². The Morgan fingerprint density at radius 3 is 3.12 bits per heavy atom. The van der Waals surface area contributed by atoms with Gasteiger partial charge in [-0.05, 0) is 37.0 Å². The highest BCUT2D eigenvalue weighted by Gasteiger charge is 2.03. The Morgan fingerprint density at radius 1 is 1.41 bits per heavy atom. The van der Waals surface area contributed by atoms with Gasteiger partial charge >= 0.3 is 0 Å². The summed E-state index contributed by atoms with van der Waals surface area (Å²) < 4.78 is 0. The van der Waals surface area contributed by atoms with E-state index in [2.05, 4.69) is 21.7 Å². The van der Waals surface area contributed by atoms with Crippen LogP contribution in [0.2, 0.25) is 5.02 Å². The maximum Gasteiger partial charge on any atom is 0.191 e. The number of hydrogen-bond acceptors (Lipinski definition) is 3. The normalized spacial score (nSPS) is 15.8. The Morgan fingerprint density at radius 2 is 2.29 bits per heavy atom. The highest BCUT2D eigenvalue weighted by Crippen LogP contribution is 2.16. The molecule has 0 atom stereocenters. The Bertz CT molecular complexity index is 415. The summed E-state index contributed by atoms with van der Waals surface area (Å²) in [6.07, 6.45) is 2.35. The summed E-state index contributed by atoms with van der Waals surface area (Å²) in [6.45, 7) is 4.72. The van der Waals surface area contributed by atoms with Crippen molar-refractivity contribution in [1.82, 2.24) is 10.6 Å². The van der Waals surface area contributed by atoms with E-state index in [9.17, 15) is 0 Å². The van der Waals surface area contributed by atoms with Crippen molar-refractivity contribution in [3.8, 4) is 0 Å². The predicted octanol–water partition coefficient (Wildman–Crippen LogP) is 2.48. The van der Waals surface area contributed by atoms with Crippen LogP contribution in [0.15, 0.2) is 23.2 Å². The van der Waals surface area contributed by atoms with Crippen molar-refractivity contribution >= 4 is 17.6 Å². The Balaban J connectivity index is 1.92. The summed E-state index contributed by atoms with van der Waals surface area (Å²) in [5, 5.41) is 7.43. The molecule has 0 saturated carbocycles. The van der Waals surface area contributed by atoms with Gasteiger partial charge in [-0.3, -0.25) is 4.99 Å². The summed E-state index contributed by atoms with van der Waals surface area (Å²) in [5.74, 6) is 0.912. The summed E-state index contributed by atoms with van der Waals surface area (Å²) in [4.78, 5) is 4.45. The lowest BCUT2D eigenvalue weighted by molar-refractivity contribution is 0.742. The van der Waals surface area contributed by atoms with E-state index in [1.54, 1.807) is 0 Å². The molecule has 0 spiro atoms. The fraction of sp³-hybridized carbons (Fsp3) is 0.462. The second-order valence-corrected chi connectivity index (χ2v) is 4.71. The van der Waals surface area contributed by atoms with Gasteiger partial charge in [0.05, 0.1) is 0 Å². The van der Waals surface area contributed by atoms with Gasteiger partial charge in [0.2, 0.25) is 0 Å². The highest BCUT2D eigenvalue weighted by atomic mass is 35.5. The van der Waals surface area contributed by atoms with Crippen molar-refractivity contribution in [2.45, 2.75) is 26.3 Å². The lowest BCUT2D eigenvalue weighted by Gasteiger charge is -2.10. The average molecular weight is 252 g/mol. The fourth-order valence-corrected chi connectivity index (χ4v) is 1.93. The largest absolute Gasteiger partial charge is 0.356 e. The van der Waals surface area contributed by atoms with Gasteiger partial charge in [-0.2, -0.15) is 0 Å². The molecule has 0 unspecified atom stereocenters. The molecule has 2 rings (SSSR count). The summed E-state index contributed by atoms with van der Waals surface area (Å²) in [6, 6.07) is 6.09. The molecule has 0 aromatic heterocycles. The third-order valence-electron chi connectivity index (χ3n) is 2.83. The summed E-state index contributed by atoms with van der Waals surface area (Å²) in [7, 11) is 0. The Kier molecular flexibility index (Phi) is 4.26. The van der Waals surface area contributed by atoms with Gasteiger partial charge in [0.1, 0.15) is 0 Å². The second-order valence-electron chi connectivity index (χ2n) is 4.30. The molecule has 1 aromatic rings. The minimum Gasteiger partial charge on any atom is -0.356 e. The molecule has 3 nitrogen and oxygen atoms in total. The van der Waals surface area contributed by atoms with Crippen LogP contribution in [0, 0.1) is 6.92 Å². The van der Waals surface area contributed by atoms with Crippen LogP contribution in [0.1, 0.15) is 24.0 Å². The predicted molar refractivity (Wildman–Crippen MR) is 72.6 cm³/mol. The standard InChI is InChI=1S/C13H18ClN3/c1-10-8-11(4-5-12(10)14)9-17-13-15-6-2-3-7-16-13/h4-5,8H,2-3,6-7,9H2,1H3,(H2,15,16,17). The van der Waals surface area contributed by atoms with Crippen LogP contribution in [-0.2, 0) is 6.54 Å². The van der Waals surface area contributed by atoms with Crippen LogP contribution in [0.25, 0.3) is 0 Å². The number of nitrogens with one attached hydrogen (secondary N) is 2. The zero-order chi connectivity index (χ0) is 12.1. The number of aryl methyl sites for hydroxylation is 1. The number of aliphatic imine (C=N–C) groups is 1. The van der Waals surface area contributed by atoms with E-state index in [0.717, 1.165) is 42.6 Å². The van der Waals surface area contributed by atoms with E-state index in [1.807, 2.05) is 19.1 Å². The molecule has 2 N–H and O–H groups in total. The van der Waals surface area contributed by atoms with E-state index in [1.165, 1.54) is 12.0 Å². The van der Waals surface area contributed by atoms with Crippen molar-refractivity contribution in [3.63, 3.8) is 0 Å². The number of halogens is 1. The fourth-order valence-electron chi connectivity index (χ4n) is 1.81. The molecular weight excluding hydrogens is 234 g/mol. The SMILES string of the molecule is Cc1cc(CNC2=NCCCCN2)ccc1Cl. The van der Waals surface area contributed by atoms with Gasteiger partial charge in [-0.25, -0.2) is 0 Å². The Hall–Kier alpha value is -1.22. The van der Waals surface area contributed by atoms with E-state index in [0.29, 0.717) is 0 Å². The number of benzene rings is 1. The molecule has 0 fully saturated rings. The van der Waals surface area contributed by atoms with Gasteiger partial charge in [-0.15, -0.1) is 0 Å². The van der Waals surface area contributed by atoms with Crippen molar-refractivity contribution in [2.24, 2.45) is 4.99 Å². The van der Waals surface area contributed by atoms with Crippen molar-refractivity contribution in [1.29, 1.82) is 0 Å². The molecular formula is C13H18ClN3. The minimum atomic E-state index is 0.782. The minimum absolute atomic E-state index is 0.782. The number of rotatable bonds is 2. The van der Waals surface area contributed by atoms with Gasteiger partial charge in [0, 0.05) is 24.7 Å². The topological polar surface area (TPSA) is 36.4 Å².